The number of halogens is 1. The second-order valence-corrected chi connectivity index (χ2v) is 5.09. The van der Waals surface area contributed by atoms with E-state index in [1.54, 1.807) is 0 Å². The Hall–Kier alpha value is -1.35. The first-order chi connectivity index (χ1) is 9.19. The van der Waals surface area contributed by atoms with Gasteiger partial charge in [0.2, 0.25) is 0 Å². The van der Waals surface area contributed by atoms with Crippen LogP contribution in [0, 0.1) is 17.2 Å². The van der Waals surface area contributed by atoms with E-state index < -0.39 is 6.10 Å². The minimum atomic E-state index is -0.604. The molecule has 5 nitrogen and oxygen atoms in total. The van der Waals surface area contributed by atoms with Crippen LogP contribution >= 0.6 is 11.6 Å². The van der Waals surface area contributed by atoms with Crippen molar-refractivity contribution in [3.63, 3.8) is 0 Å². The average Bonchev–Trinajstić information content (AvgIpc) is 3.21. The monoisotopic (exact) mass is 281 g/mol. The highest BCUT2D eigenvalue weighted by molar-refractivity contribution is 6.33. The normalized spacial score (nSPS) is 15.8. The van der Waals surface area contributed by atoms with E-state index >= 15 is 0 Å². The van der Waals surface area contributed by atoms with Gasteiger partial charge in [0.15, 0.2) is 0 Å². The molecule has 1 heterocycles. The molecule has 1 unspecified atom stereocenters. The van der Waals surface area contributed by atoms with Gasteiger partial charge in [-0.2, -0.15) is 5.26 Å². The van der Waals surface area contributed by atoms with Crippen LogP contribution < -0.4 is 5.32 Å². The summed E-state index contributed by atoms with van der Waals surface area (Å²) in [4.78, 5) is 4.02. The van der Waals surface area contributed by atoms with Gasteiger partial charge in [0.05, 0.1) is 23.3 Å². The number of aliphatic hydroxyl groups excluding tert-OH is 1. The molecule has 1 aromatic rings. The molecule has 1 aromatic heterocycles. The van der Waals surface area contributed by atoms with Crippen LogP contribution in [0.5, 0.6) is 0 Å². The van der Waals surface area contributed by atoms with Crippen molar-refractivity contribution in [3.8, 4) is 6.07 Å². The quantitative estimate of drug-likeness (QED) is 0.797. The highest BCUT2D eigenvalue weighted by Gasteiger charge is 2.21. The van der Waals surface area contributed by atoms with Gasteiger partial charge in [0, 0.05) is 19.3 Å². The summed E-state index contributed by atoms with van der Waals surface area (Å²) >= 11 is 5.96. The summed E-state index contributed by atoms with van der Waals surface area (Å²) in [6, 6.07) is 3.49. The van der Waals surface area contributed by atoms with Crippen molar-refractivity contribution in [1.29, 1.82) is 5.26 Å². The summed E-state index contributed by atoms with van der Waals surface area (Å²) in [6.45, 7) is 1.34. The van der Waals surface area contributed by atoms with Crippen LogP contribution in [-0.4, -0.2) is 36.0 Å². The number of nitrogens with one attached hydrogen (secondary N) is 1. The number of hydrogen-bond acceptors (Lipinski definition) is 5. The molecule has 1 aliphatic carbocycles. The molecule has 1 aliphatic rings. The number of nitriles is 1. The van der Waals surface area contributed by atoms with Crippen molar-refractivity contribution in [2.45, 2.75) is 18.9 Å². The third-order valence-electron chi connectivity index (χ3n) is 2.84. The van der Waals surface area contributed by atoms with Gasteiger partial charge in [0.25, 0.3) is 0 Å². The van der Waals surface area contributed by atoms with E-state index in [0.29, 0.717) is 35.5 Å². The molecule has 0 bridgehead atoms. The number of aliphatic hydroxyl groups is 1. The second kappa shape index (κ2) is 6.71. The Balaban J connectivity index is 1.72. The molecule has 2 rings (SSSR count). The Morgan fingerprint density at radius 1 is 1.63 bits per heavy atom. The van der Waals surface area contributed by atoms with Crippen LogP contribution in [-0.2, 0) is 4.74 Å². The maximum Gasteiger partial charge on any atom is 0.144 e. The molecule has 0 saturated heterocycles. The third kappa shape index (κ3) is 4.67. The summed E-state index contributed by atoms with van der Waals surface area (Å²) in [5, 5.41) is 21.7. The summed E-state index contributed by atoms with van der Waals surface area (Å²) in [7, 11) is 0. The first kappa shape index (κ1) is 14.1. The number of nitrogens with zero attached hydrogens (tertiary/aromatic N) is 2. The van der Waals surface area contributed by atoms with Gasteiger partial charge in [-0.25, -0.2) is 4.98 Å². The zero-order chi connectivity index (χ0) is 13.7. The predicted molar refractivity (Wildman–Crippen MR) is 72.0 cm³/mol. The van der Waals surface area contributed by atoms with E-state index in [-0.39, 0.29) is 0 Å². The lowest BCUT2D eigenvalue weighted by Crippen LogP contribution is -2.25. The molecule has 102 valence electrons. The number of aromatic nitrogens is 1. The fraction of sp³-hybridized carbons (Fsp3) is 0.538. The van der Waals surface area contributed by atoms with Gasteiger partial charge in [-0.05, 0) is 24.8 Å². The maximum atomic E-state index is 9.72. The van der Waals surface area contributed by atoms with Crippen LogP contribution in [0.4, 0.5) is 5.82 Å². The molecule has 19 heavy (non-hydrogen) atoms. The minimum Gasteiger partial charge on any atom is -0.389 e. The first-order valence-electron chi connectivity index (χ1n) is 6.24. The van der Waals surface area contributed by atoms with Gasteiger partial charge in [-0.3, -0.25) is 0 Å². The fourth-order valence-corrected chi connectivity index (χ4v) is 1.79. The van der Waals surface area contributed by atoms with Crippen LogP contribution in [0.25, 0.3) is 0 Å². The van der Waals surface area contributed by atoms with Crippen molar-refractivity contribution >= 4 is 17.4 Å². The number of rotatable bonds is 7. The second-order valence-electron chi connectivity index (χ2n) is 4.68. The number of hydrogen-bond donors (Lipinski definition) is 2. The van der Waals surface area contributed by atoms with Gasteiger partial charge in [-0.1, -0.05) is 11.6 Å². The number of anilines is 1. The summed E-state index contributed by atoms with van der Waals surface area (Å²) < 4.78 is 5.39. The average molecular weight is 282 g/mol. The largest absolute Gasteiger partial charge is 0.389 e. The SMILES string of the molecule is N#Cc1cnc(NCC(O)COCC2CC2)c(Cl)c1. The number of pyridine rings is 1. The molecule has 1 fully saturated rings. The Kier molecular flexibility index (Phi) is 4.97. The van der Waals surface area contributed by atoms with E-state index in [4.69, 9.17) is 21.6 Å². The maximum absolute atomic E-state index is 9.72. The molecule has 1 saturated carbocycles. The third-order valence-corrected chi connectivity index (χ3v) is 3.12. The summed E-state index contributed by atoms with van der Waals surface area (Å²) in [5.74, 6) is 1.15. The Morgan fingerprint density at radius 3 is 3.05 bits per heavy atom. The predicted octanol–water partition coefficient (Wildman–Crippen LogP) is 1.81. The van der Waals surface area contributed by atoms with Gasteiger partial charge < -0.3 is 15.2 Å². The van der Waals surface area contributed by atoms with E-state index in [1.165, 1.54) is 25.1 Å². The van der Waals surface area contributed by atoms with Crippen molar-refractivity contribution in [2.75, 3.05) is 25.1 Å². The van der Waals surface area contributed by atoms with Gasteiger partial charge >= 0.3 is 0 Å². The standard InChI is InChI=1S/C13H16ClN3O2/c14-12-3-10(4-15)5-16-13(12)17-6-11(18)8-19-7-9-1-2-9/h3,5,9,11,18H,1-2,6-8H2,(H,16,17). The Bertz CT molecular complexity index is 471. The van der Waals surface area contributed by atoms with Gasteiger partial charge in [0.1, 0.15) is 11.9 Å². The smallest absolute Gasteiger partial charge is 0.144 e. The molecule has 0 amide bonds. The molecular weight excluding hydrogens is 266 g/mol. The van der Waals surface area contributed by atoms with Crippen molar-refractivity contribution in [3.05, 3.63) is 22.8 Å². The number of ether oxygens (including phenoxy) is 1. The van der Waals surface area contributed by atoms with Crippen LogP contribution in [0.3, 0.4) is 0 Å². The molecular formula is C13H16ClN3O2. The van der Waals surface area contributed by atoms with E-state index in [0.717, 1.165) is 6.61 Å². The fourth-order valence-electron chi connectivity index (χ4n) is 1.56. The summed E-state index contributed by atoms with van der Waals surface area (Å²) in [6.07, 6.45) is 3.30. The molecule has 0 radical (unpaired) electrons. The topological polar surface area (TPSA) is 78.2 Å². The summed E-state index contributed by atoms with van der Waals surface area (Å²) in [5.41, 5.74) is 0.406. The lowest BCUT2D eigenvalue weighted by Gasteiger charge is -2.13. The molecule has 0 aromatic carbocycles. The highest BCUT2D eigenvalue weighted by atomic mass is 35.5. The van der Waals surface area contributed by atoms with E-state index in [2.05, 4.69) is 10.3 Å². The van der Waals surface area contributed by atoms with Crippen LogP contribution in [0.15, 0.2) is 12.3 Å². The lowest BCUT2D eigenvalue weighted by molar-refractivity contribution is 0.0386. The molecule has 6 heteroatoms. The molecule has 0 spiro atoms. The molecule has 2 N–H and O–H groups in total. The zero-order valence-electron chi connectivity index (χ0n) is 10.5. The lowest BCUT2D eigenvalue weighted by atomic mass is 10.3. The molecule has 0 aliphatic heterocycles. The van der Waals surface area contributed by atoms with E-state index in [1.807, 2.05) is 6.07 Å². The van der Waals surface area contributed by atoms with Gasteiger partial charge in [-0.15, -0.1) is 0 Å². The van der Waals surface area contributed by atoms with Crippen molar-refractivity contribution < 1.29 is 9.84 Å². The van der Waals surface area contributed by atoms with E-state index in [9.17, 15) is 5.11 Å². The van der Waals surface area contributed by atoms with Crippen LogP contribution in [0.1, 0.15) is 18.4 Å². The highest BCUT2D eigenvalue weighted by Crippen LogP contribution is 2.28. The molecule has 1 atom stereocenters. The Morgan fingerprint density at radius 2 is 2.42 bits per heavy atom. The minimum absolute atomic E-state index is 0.303. The van der Waals surface area contributed by atoms with Crippen molar-refractivity contribution in [2.24, 2.45) is 5.92 Å². The zero-order valence-corrected chi connectivity index (χ0v) is 11.2. The Labute approximate surface area is 117 Å². The van der Waals surface area contributed by atoms with Crippen molar-refractivity contribution in [1.82, 2.24) is 4.98 Å². The first-order valence-corrected chi connectivity index (χ1v) is 6.62. The van der Waals surface area contributed by atoms with Crippen LogP contribution in [0.2, 0.25) is 5.02 Å².